The van der Waals surface area contributed by atoms with E-state index in [9.17, 15) is 0 Å². The van der Waals surface area contributed by atoms with Crippen LogP contribution in [0, 0.1) is 6.92 Å². The van der Waals surface area contributed by atoms with Gasteiger partial charge in [-0.25, -0.2) is 0 Å². The second kappa shape index (κ2) is 6.93. The number of aryl methyl sites for hydroxylation is 1. The summed E-state index contributed by atoms with van der Waals surface area (Å²) in [6, 6.07) is 15.1. The fourth-order valence-corrected chi connectivity index (χ4v) is 7.51. The molecule has 0 aromatic heterocycles. The Kier molecular flexibility index (Phi) is 4.86. The quantitative estimate of drug-likeness (QED) is 0.550. The second-order valence-corrected chi connectivity index (χ2v) is 11.6. The smallest absolute Gasteiger partial charge is 0.121 e. The van der Waals surface area contributed by atoms with Gasteiger partial charge in [0, 0.05) is 5.54 Å². The first-order chi connectivity index (χ1) is 12.0. The van der Waals surface area contributed by atoms with Crippen LogP contribution in [-0.4, -0.2) is 21.8 Å². The van der Waals surface area contributed by atoms with E-state index in [1.54, 1.807) is 13.2 Å². The summed E-state index contributed by atoms with van der Waals surface area (Å²) in [7, 11) is -0.182. The van der Waals surface area contributed by atoms with Crippen molar-refractivity contribution in [1.29, 1.82) is 0 Å². The molecule has 2 nitrogen and oxygen atoms in total. The Bertz CT molecular complexity index is 821. The van der Waals surface area contributed by atoms with E-state index in [-0.39, 0.29) is 0 Å². The van der Waals surface area contributed by atoms with Gasteiger partial charge in [-0.05, 0) is 34.9 Å². The zero-order valence-corrected chi connectivity index (χ0v) is 16.5. The third kappa shape index (κ3) is 3.04. The molecule has 2 aromatic carbocycles. The molecule has 1 aliphatic rings. The molecule has 2 aromatic rings. The number of hydrogen-bond donors (Lipinski definition) is 0. The van der Waals surface area contributed by atoms with Gasteiger partial charge in [0.1, 0.15) is 26.2 Å². The molecule has 0 radical (unpaired) electrons. The molecule has 0 aliphatic heterocycles. The third-order valence-corrected chi connectivity index (χ3v) is 8.92. The summed E-state index contributed by atoms with van der Waals surface area (Å²) in [5.74, 6) is 2.08. The predicted octanol–water partition coefficient (Wildman–Crippen LogP) is 4.80. The molecule has 1 atom stereocenters. The highest BCUT2D eigenvalue weighted by Gasteiger charge is 2.43. The van der Waals surface area contributed by atoms with Gasteiger partial charge >= 0.3 is 0 Å². The zero-order valence-electron chi connectivity index (χ0n) is 15.5. The minimum atomic E-state index is -1.96. The number of fused-ring (bicyclic) bond motifs is 1. The topological polar surface area (TPSA) is 18.5 Å². The number of ether oxygens (including phenoxy) is 2. The van der Waals surface area contributed by atoms with Crippen LogP contribution in [0.1, 0.15) is 22.2 Å². The highest BCUT2D eigenvalue weighted by molar-refractivity contribution is 6.92. The van der Waals surface area contributed by atoms with E-state index in [2.05, 4.69) is 75.1 Å². The Balaban J connectivity index is 2.12. The molecule has 0 fully saturated rings. The monoisotopic (exact) mass is 350 g/mol. The van der Waals surface area contributed by atoms with Gasteiger partial charge in [0.25, 0.3) is 0 Å². The highest BCUT2D eigenvalue weighted by Crippen LogP contribution is 2.43. The molecule has 0 bridgehead atoms. The predicted molar refractivity (Wildman–Crippen MR) is 108 cm³/mol. The number of rotatable bonds is 6. The first-order valence-corrected chi connectivity index (χ1v) is 11.8. The summed E-state index contributed by atoms with van der Waals surface area (Å²) in [5, 5.41) is 1.33. The molecule has 3 rings (SSSR count). The largest absolute Gasteiger partial charge is 0.501 e. The molecule has 130 valence electrons. The molecular weight excluding hydrogens is 324 g/mol. The van der Waals surface area contributed by atoms with Gasteiger partial charge in [-0.2, -0.15) is 0 Å². The summed E-state index contributed by atoms with van der Waals surface area (Å²) < 4.78 is 11.9. The van der Waals surface area contributed by atoms with Gasteiger partial charge in [0.2, 0.25) is 0 Å². The molecule has 0 N–H and O–H groups in total. The molecular formula is C22H26O2Si. The Labute approximate surface area is 151 Å². The Morgan fingerprint density at radius 3 is 2.60 bits per heavy atom. The lowest BCUT2D eigenvalue weighted by molar-refractivity contribution is 0.285. The maximum absolute atomic E-state index is 6.08. The standard InChI is InChI=1S/C22H26O2Si/c1-6-14-24-21-16(2)10-9-13-20(21)25(4,5)22-18-12-8-7-11-17(18)15-19(22)23-3/h6-13,15,22H,1,14H2,2-5H3. The van der Waals surface area contributed by atoms with Crippen LogP contribution < -0.4 is 9.92 Å². The van der Waals surface area contributed by atoms with Gasteiger partial charge in [-0.3, -0.25) is 0 Å². The van der Waals surface area contributed by atoms with E-state index >= 15 is 0 Å². The van der Waals surface area contributed by atoms with Crippen LogP contribution in [0.5, 0.6) is 5.75 Å². The van der Waals surface area contributed by atoms with Crippen molar-refractivity contribution in [3.63, 3.8) is 0 Å². The Morgan fingerprint density at radius 2 is 1.88 bits per heavy atom. The van der Waals surface area contributed by atoms with Crippen molar-refractivity contribution in [2.75, 3.05) is 13.7 Å². The number of allylic oxidation sites excluding steroid dienone is 1. The Hall–Kier alpha value is -2.26. The number of para-hydroxylation sites is 1. The van der Waals surface area contributed by atoms with E-state index < -0.39 is 8.07 Å². The van der Waals surface area contributed by atoms with Crippen LogP contribution in [0.25, 0.3) is 6.08 Å². The summed E-state index contributed by atoms with van der Waals surface area (Å²) in [5.41, 5.74) is 4.11. The normalized spacial score (nSPS) is 16.2. The molecule has 1 aliphatic carbocycles. The molecule has 0 amide bonds. The maximum Gasteiger partial charge on any atom is 0.121 e. The van der Waals surface area contributed by atoms with Gasteiger partial charge in [-0.1, -0.05) is 68.2 Å². The van der Waals surface area contributed by atoms with Crippen LogP contribution >= 0.6 is 0 Å². The van der Waals surface area contributed by atoms with Crippen molar-refractivity contribution < 1.29 is 9.47 Å². The molecule has 0 saturated carbocycles. The second-order valence-electron chi connectivity index (χ2n) is 7.09. The molecule has 0 saturated heterocycles. The van der Waals surface area contributed by atoms with Crippen molar-refractivity contribution in [1.82, 2.24) is 0 Å². The lowest BCUT2D eigenvalue weighted by Crippen LogP contribution is -2.49. The van der Waals surface area contributed by atoms with Gasteiger partial charge in [-0.15, -0.1) is 0 Å². The fraction of sp³-hybridized carbons (Fsp3) is 0.273. The van der Waals surface area contributed by atoms with E-state index in [0.29, 0.717) is 12.1 Å². The van der Waals surface area contributed by atoms with Crippen LogP contribution in [-0.2, 0) is 4.74 Å². The average molecular weight is 351 g/mol. The molecule has 1 unspecified atom stereocenters. The summed E-state index contributed by atoms with van der Waals surface area (Å²) in [4.78, 5) is 0. The van der Waals surface area contributed by atoms with E-state index in [4.69, 9.17) is 9.47 Å². The molecule has 0 heterocycles. The minimum Gasteiger partial charge on any atom is -0.501 e. The van der Waals surface area contributed by atoms with Crippen molar-refractivity contribution in [2.24, 2.45) is 0 Å². The van der Waals surface area contributed by atoms with Crippen LogP contribution in [0.3, 0.4) is 0 Å². The lowest BCUT2D eigenvalue weighted by Gasteiger charge is -2.34. The number of methoxy groups -OCH3 is 1. The van der Waals surface area contributed by atoms with Gasteiger partial charge in [0.15, 0.2) is 0 Å². The van der Waals surface area contributed by atoms with Crippen LogP contribution in [0.2, 0.25) is 13.1 Å². The third-order valence-electron chi connectivity index (χ3n) is 5.10. The summed E-state index contributed by atoms with van der Waals surface area (Å²) >= 11 is 0. The first kappa shape index (κ1) is 17.6. The zero-order chi connectivity index (χ0) is 18.0. The number of hydrogen-bond acceptors (Lipinski definition) is 2. The van der Waals surface area contributed by atoms with E-state index in [0.717, 1.165) is 11.5 Å². The Morgan fingerprint density at radius 1 is 1.12 bits per heavy atom. The summed E-state index contributed by atoms with van der Waals surface area (Å²) in [6.07, 6.45) is 3.99. The average Bonchev–Trinajstić information content (AvgIpc) is 2.99. The minimum absolute atomic E-state index is 0.293. The fourth-order valence-electron chi connectivity index (χ4n) is 3.87. The van der Waals surface area contributed by atoms with Crippen molar-refractivity contribution in [2.45, 2.75) is 25.6 Å². The number of benzene rings is 2. The molecule has 3 heteroatoms. The van der Waals surface area contributed by atoms with Gasteiger partial charge < -0.3 is 9.47 Å². The van der Waals surface area contributed by atoms with Crippen LogP contribution in [0.4, 0.5) is 0 Å². The van der Waals surface area contributed by atoms with Crippen molar-refractivity contribution in [3.8, 4) is 5.75 Å². The molecule has 25 heavy (non-hydrogen) atoms. The SMILES string of the molecule is C=CCOc1c(C)cccc1[Si](C)(C)C1C(OC)=Cc2ccccc21. The summed E-state index contributed by atoms with van der Waals surface area (Å²) in [6.45, 7) is 11.2. The van der Waals surface area contributed by atoms with Crippen molar-refractivity contribution in [3.05, 3.63) is 77.6 Å². The maximum atomic E-state index is 6.08. The van der Waals surface area contributed by atoms with Crippen LogP contribution in [0.15, 0.2) is 60.9 Å². The van der Waals surface area contributed by atoms with E-state index in [1.807, 2.05) is 0 Å². The van der Waals surface area contributed by atoms with E-state index in [1.165, 1.54) is 21.9 Å². The van der Waals surface area contributed by atoms with Crippen molar-refractivity contribution >= 4 is 19.3 Å². The first-order valence-electron chi connectivity index (χ1n) is 8.69. The molecule has 0 spiro atoms. The van der Waals surface area contributed by atoms with Gasteiger partial charge in [0.05, 0.1) is 7.11 Å². The highest BCUT2D eigenvalue weighted by atomic mass is 28.3. The lowest BCUT2D eigenvalue weighted by atomic mass is 10.1.